The molecule has 2 aliphatic rings. The third-order valence-electron chi connectivity index (χ3n) is 3.15. The van der Waals surface area contributed by atoms with Gasteiger partial charge in [0.25, 0.3) is 0 Å². The highest BCUT2D eigenvalue weighted by atomic mass is 16.5. The standard InChI is InChI=1S/C10H20N2O.C2H6/c1-9(2)12-7-10(8-12)6-11(3)4-5-13-10;1-2/h9H,4-8H2,1-3H3;1-2H3. The van der Waals surface area contributed by atoms with E-state index in [0.29, 0.717) is 6.04 Å². The van der Waals surface area contributed by atoms with E-state index in [9.17, 15) is 0 Å². The average molecular weight is 214 g/mol. The van der Waals surface area contributed by atoms with Crippen molar-refractivity contribution in [3.8, 4) is 0 Å². The largest absolute Gasteiger partial charge is 0.370 e. The molecule has 0 saturated carbocycles. The van der Waals surface area contributed by atoms with E-state index in [1.54, 1.807) is 0 Å². The molecular weight excluding hydrogens is 188 g/mol. The number of nitrogens with zero attached hydrogens (tertiary/aromatic N) is 2. The molecule has 2 aliphatic heterocycles. The summed E-state index contributed by atoms with van der Waals surface area (Å²) in [4.78, 5) is 4.85. The highest BCUT2D eigenvalue weighted by Crippen LogP contribution is 2.29. The van der Waals surface area contributed by atoms with Crippen LogP contribution in [0.5, 0.6) is 0 Å². The zero-order chi connectivity index (χ0) is 11.5. The number of rotatable bonds is 1. The quantitative estimate of drug-likeness (QED) is 0.657. The second-order valence-electron chi connectivity index (χ2n) is 4.77. The topological polar surface area (TPSA) is 15.7 Å². The molecule has 0 unspecified atom stereocenters. The summed E-state index contributed by atoms with van der Waals surface area (Å²) in [6, 6.07) is 0.668. The van der Waals surface area contributed by atoms with Gasteiger partial charge in [0, 0.05) is 32.2 Å². The van der Waals surface area contributed by atoms with Crippen LogP contribution in [0, 0.1) is 0 Å². The lowest BCUT2D eigenvalue weighted by Crippen LogP contribution is -2.70. The molecule has 90 valence electrons. The normalized spacial score (nSPS) is 26.0. The molecule has 3 heteroatoms. The molecular formula is C12H26N2O. The summed E-state index contributed by atoms with van der Waals surface area (Å²) in [5.41, 5.74) is 0.178. The van der Waals surface area contributed by atoms with Crippen molar-refractivity contribution in [2.75, 3.05) is 39.8 Å². The Hall–Kier alpha value is -0.120. The van der Waals surface area contributed by atoms with Gasteiger partial charge < -0.3 is 9.64 Å². The third kappa shape index (κ3) is 2.92. The van der Waals surface area contributed by atoms with Gasteiger partial charge in [-0.2, -0.15) is 0 Å². The van der Waals surface area contributed by atoms with Gasteiger partial charge in [0.15, 0.2) is 0 Å². The number of likely N-dealkylation sites (tertiary alicyclic amines) is 1. The van der Waals surface area contributed by atoms with Crippen LogP contribution in [0.3, 0.4) is 0 Å². The molecule has 1 spiro atoms. The molecule has 0 bridgehead atoms. The number of hydrogen-bond acceptors (Lipinski definition) is 3. The van der Waals surface area contributed by atoms with Crippen LogP contribution in [0.2, 0.25) is 0 Å². The van der Waals surface area contributed by atoms with Crippen LogP contribution < -0.4 is 0 Å². The molecule has 2 fully saturated rings. The SMILES string of the molecule is CC.CC(C)N1CC2(CN(C)CCO2)C1. The molecule has 0 radical (unpaired) electrons. The monoisotopic (exact) mass is 214 g/mol. The van der Waals surface area contributed by atoms with Gasteiger partial charge in [0.1, 0.15) is 5.60 Å². The van der Waals surface area contributed by atoms with Crippen LogP contribution in [0.4, 0.5) is 0 Å². The summed E-state index contributed by atoms with van der Waals surface area (Å²) in [6.45, 7) is 13.8. The Balaban J connectivity index is 0.000000531. The highest BCUT2D eigenvalue weighted by Gasteiger charge is 2.46. The Kier molecular flexibility index (Phi) is 4.56. The van der Waals surface area contributed by atoms with Gasteiger partial charge in [-0.25, -0.2) is 0 Å². The summed E-state index contributed by atoms with van der Waals surface area (Å²) >= 11 is 0. The lowest BCUT2D eigenvalue weighted by atomic mass is 9.90. The van der Waals surface area contributed by atoms with Crippen molar-refractivity contribution in [2.45, 2.75) is 39.3 Å². The maximum atomic E-state index is 5.87. The molecule has 0 aliphatic carbocycles. The van der Waals surface area contributed by atoms with Gasteiger partial charge in [0.2, 0.25) is 0 Å². The molecule has 2 saturated heterocycles. The molecule has 0 N–H and O–H groups in total. The van der Waals surface area contributed by atoms with Crippen molar-refractivity contribution in [2.24, 2.45) is 0 Å². The number of ether oxygens (including phenoxy) is 1. The van der Waals surface area contributed by atoms with E-state index in [2.05, 4.69) is 30.7 Å². The van der Waals surface area contributed by atoms with Crippen molar-refractivity contribution in [1.29, 1.82) is 0 Å². The Labute approximate surface area is 94.4 Å². The first-order chi connectivity index (χ1) is 7.11. The zero-order valence-electron chi connectivity index (χ0n) is 10.9. The minimum absolute atomic E-state index is 0.178. The maximum Gasteiger partial charge on any atom is 0.106 e. The lowest BCUT2D eigenvalue weighted by molar-refractivity contribution is -0.186. The summed E-state index contributed by atoms with van der Waals surface area (Å²) in [7, 11) is 2.18. The molecule has 2 rings (SSSR count). The Morgan fingerprint density at radius 3 is 2.20 bits per heavy atom. The second kappa shape index (κ2) is 5.28. The Bertz CT molecular complexity index is 188. The number of morpholine rings is 1. The molecule has 0 aromatic carbocycles. The predicted molar refractivity (Wildman–Crippen MR) is 64.2 cm³/mol. The van der Waals surface area contributed by atoms with Crippen LogP contribution >= 0.6 is 0 Å². The van der Waals surface area contributed by atoms with E-state index in [1.807, 2.05) is 13.8 Å². The molecule has 0 aromatic heterocycles. The smallest absolute Gasteiger partial charge is 0.106 e. The van der Waals surface area contributed by atoms with Crippen molar-refractivity contribution in [3.05, 3.63) is 0 Å². The Morgan fingerprint density at radius 2 is 1.73 bits per heavy atom. The molecule has 3 nitrogen and oxygen atoms in total. The fraction of sp³-hybridized carbons (Fsp3) is 1.00. The first kappa shape index (κ1) is 12.9. The van der Waals surface area contributed by atoms with Gasteiger partial charge >= 0.3 is 0 Å². The van der Waals surface area contributed by atoms with E-state index in [4.69, 9.17) is 4.74 Å². The van der Waals surface area contributed by atoms with Gasteiger partial charge in [-0.3, -0.25) is 4.90 Å². The predicted octanol–water partition coefficient (Wildman–Crippen LogP) is 1.44. The van der Waals surface area contributed by atoms with Gasteiger partial charge in [-0.15, -0.1) is 0 Å². The summed E-state index contributed by atoms with van der Waals surface area (Å²) in [5.74, 6) is 0. The van der Waals surface area contributed by atoms with E-state index in [1.165, 1.54) is 0 Å². The van der Waals surface area contributed by atoms with Gasteiger partial charge in [-0.1, -0.05) is 13.8 Å². The van der Waals surface area contributed by atoms with E-state index >= 15 is 0 Å². The van der Waals surface area contributed by atoms with Crippen molar-refractivity contribution < 1.29 is 4.74 Å². The minimum atomic E-state index is 0.178. The van der Waals surface area contributed by atoms with Crippen LogP contribution in [-0.2, 0) is 4.74 Å². The summed E-state index contributed by atoms with van der Waals surface area (Å²) < 4.78 is 5.87. The zero-order valence-corrected chi connectivity index (χ0v) is 10.9. The van der Waals surface area contributed by atoms with E-state index < -0.39 is 0 Å². The van der Waals surface area contributed by atoms with Crippen LogP contribution in [-0.4, -0.2) is 61.3 Å². The Morgan fingerprint density at radius 1 is 1.13 bits per heavy atom. The number of hydrogen-bond donors (Lipinski definition) is 0. The number of likely N-dealkylation sites (N-methyl/N-ethyl adjacent to an activating group) is 1. The second-order valence-corrected chi connectivity index (χ2v) is 4.77. The van der Waals surface area contributed by atoms with Crippen molar-refractivity contribution in [3.63, 3.8) is 0 Å². The first-order valence-corrected chi connectivity index (χ1v) is 6.18. The highest BCUT2D eigenvalue weighted by molar-refractivity contribution is 5.01. The summed E-state index contributed by atoms with van der Waals surface area (Å²) in [6.07, 6.45) is 0. The van der Waals surface area contributed by atoms with Crippen molar-refractivity contribution in [1.82, 2.24) is 9.80 Å². The van der Waals surface area contributed by atoms with E-state index in [0.717, 1.165) is 32.8 Å². The lowest BCUT2D eigenvalue weighted by Gasteiger charge is -2.55. The fourth-order valence-electron chi connectivity index (χ4n) is 2.28. The molecule has 15 heavy (non-hydrogen) atoms. The minimum Gasteiger partial charge on any atom is -0.370 e. The molecule has 0 aromatic rings. The third-order valence-corrected chi connectivity index (χ3v) is 3.15. The molecule has 0 amide bonds. The van der Waals surface area contributed by atoms with Gasteiger partial charge in [-0.05, 0) is 20.9 Å². The van der Waals surface area contributed by atoms with Gasteiger partial charge in [0.05, 0.1) is 6.61 Å². The first-order valence-electron chi connectivity index (χ1n) is 6.18. The molecule has 0 atom stereocenters. The summed E-state index contributed by atoms with van der Waals surface area (Å²) in [5, 5.41) is 0. The van der Waals surface area contributed by atoms with Crippen LogP contribution in [0.15, 0.2) is 0 Å². The van der Waals surface area contributed by atoms with Crippen LogP contribution in [0.1, 0.15) is 27.7 Å². The average Bonchev–Trinajstić information content (AvgIpc) is 2.17. The fourth-order valence-corrected chi connectivity index (χ4v) is 2.28. The van der Waals surface area contributed by atoms with Crippen LogP contribution in [0.25, 0.3) is 0 Å². The van der Waals surface area contributed by atoms with Crippen molar-refractivity contribution >= 4 is 0 Å². The van der Waals surface area contributed by atoms with E-state index in [-0.39, 0.29) is 5.60 Å². The maximum absolute atomic E-state index is 5.87. The molecule has 2 heterocycles.